The highest BCUT2D eigenvalue weighted by molar-refractivity contribution is 7.23. The number of fused-ring (bicyclic) bond motifs is 1. The molecule has 2 aromatic rings. The zero-order chi connectivity index (χ0) is 12.3. The Morgan fingerprint density at radius 1 is 1.59 bits per heavy atom. The standard InChI is InChI=1S/C8H10N5O3P/c9-8-11-6-5(7(14)12-8)10-3-13(6)1-2-16-4-17-15/h3H,1-2,4H2,(H3,9,11,12,14). The lowest BCUT2D eigenvalue weighted by Crippen LogP contribution is -2.13. The third-order valence-corrected chi connectivity index (χ3v) is 2.40. The van der Waals surface area contributed by atoms with Crippen molar-refractivity contribution < 1.29 is 9.30 Å². The van der Waals surface area contributed by atoms with Gasteiger partial charge in [-0.2, -0.15) is 4.98 Å². The first kappa shape index (κ1) is 11.7. The van der Waals surface area contributed by atoms with Crippen LogP contribution in [0.25, 0.3) is 11.2 Å². The number of aromatic nitrogens is 4. The van der Waals surface area contributed by atoms with Crippen molar-refractivity contribution in [2.24, 2.45) is 0 Å². The van der Waals surface area contributed by atoms with Gasteiger partial charge in [-0.1, -0.05) is 0 Å². The fraction of sp³-hybridized carbons (Fsp3) is 0.375. The Bertz CT molecular complexity index is 592. The van der Waals surface area contributed by atoms with Crippen molar-refractivity contribution in [3.05, 3.63) is 16.7 Å². The minimum atomic E-state index is -0.370. The number of nitrogens with zero attached hydrogens (tertiary/aromatic N) is 3. The molecule has 0 saturated carbocycles. The highest BCUT2D eigenvalue weighted by Gasteiger charge is 2.08. The molecule has 0 amide bonds. The van der Waals surface area contributed by atoms with Gasteiger partial charge in [-0.05, 0) is 0 Å². The zero-order valence-electron chi connectivity index (χ0n) is 8.79. The lowest BCUT2D eigenvalue weighted by molar-refractivity contribution is 0.170. The van der Waals surface area contributed by atoms with E-state index in [0.29, 0.717) is 18.8 Å². The summed E-state index contributed by atoms with van der Waals surface area (Å²) in [6, 6.07) is 0. The van der Waals surface area contributed by atoms with Gasteiger partial charge in [0, 0.05) is 6.54 Å². The molecule has 0 aliphatic carbocycles. The molecule has 0 bridgehead atoms. The fourth-order valence-electron chi connectivity index (χ4n) is 1.40. The summed E-state index contributed by atoms with van der Waals surface area (Å²) in [6.07, 6.45) is 1.63. The largest absolute Gasteiger partial charge is 0.369 e. The van der Waals surface area contributed by atoms with Gasteiger partial charge in [0.25, 0.3) is 5.56 Å². The molecule has 0 radical (unpaired) electrons. The predicted molar refractivity (Wildman–Crippen MR) is 61.0 cm³/mol. The summed E-state index contributed by atoms with van der Waals surface area (Å²) >= 11 is 0. The van der Waals surface area contributed by atoms with Crippen LogP contribution in [0.1, 0.15) is 0 Å². The molecule has 0 fully saturated rings. The molecule has 0 spiro atoms. The minimum Gasteiger partial charge on any atom is -0.369 e. The van der Waals surface area contributed by atoms with E-state index in [1.54, 1.807) is 4.57 Å². The summed E-state index contributed by atoms with van der Waals surface area (Å²) in [7, 11) is -0.0590. The molecule has 0 aromatic carbocycles. The van der Waals surface area contributed by atoms with Gasteiger partial charge in [0.15, 0.2) is 19.6 Å². The Morgan fingerprint density at radius 3 is 3.18 bits per heavy atom. The summed E-state index contributed by atoms with van der Waals surface area (Å²) in [5.74, 6) is 0.0447. The first-order chi connectivity index (χ1) is 8.22. The number of hydrogen-bond donors (Lipinski definition) is 2. The zero-order valence-corrected chi connectivity index (χ0v) is 9.68. The first-order valence-electron chi connectivity index (χ1n) is 4.80. The Labute approximate surface area is 97.0 Å². The van der Waals surface area contributed by atoms with Crippen molar-refractivity contribution in [3.8, 4) is 0 Å². The number of H-pyrrole nitrogens is 1. The normalized spacial score (nSPS) is 11.3. The Hall–Kier alpha value is -1.79. The third kappa shape index (κ3) is 2.48. The predicted octanol–water partition coefficient (Wildman–Crippen LogP) is -0.0324. The van der Waals surface area contributed by atoms with Crippen molar-refractivity contribution in [2.45, 2.75) is 6.54 Å². The molecule has 2 aromatic heterocycles. The molecule has 90 valence electrons. The van der Waals surface area contributed by atoms with Crippen LogP contribution in [0.4, 0.5) is 5.95 Å². The molecule has 3 N–H and O–H groups in total. The lowest BCUT2D eigenvalue weighted by Gasteiger charge is -2.02. The van der Waals surface area contributed by atoms with E-state index >= 15 is 0 Å². The van der Waals surface area contributed by atoms with Gasteiger partial charge in [-0.15, -0.1) is 0 Å². The monoisotopic (exact) mass is 255 g/mol. The maximum atomic E-state index is 11.5. The smallest absolute Gasteiger partial charge is 0.280 e. The number of imidazole rings is 1. The lowest BCUT2D eigenvalue weighted by atomic mass is 10.5. The molecular formula is C8H10N5O3P. The minimum absolute atomic E-state index is 0.0447. The topological polar surface area (TPSA) is 116 Å². The molecule has 2 heterocycles. The van der Waals surface area contributed by atoms with E-state index in [1.165, 1.54) is 6.33 Å². The van der Waals surface area contributed by atoms with Crippen LogP contribution < -0.4 is 11.3 Å². The highest BCUT2D eigenvalue weighted by atomic mass is 31.1. The van der Waals surface area contributed by atoms with Gasteiger partial charge in [-0.25, -0.2) is 4.98 Å². The Kier molecular flexibility index (Phi) is 3.46. The Morgan fingerprint density at radius 2 is 2.41 bits per heavy atom. The van der Waals surface area contributed by atoms with Gasteiger partial charge in [0.05, 0.1) is 12.9 Å². The number of nitrogen functional groups attached to an aromatic ring is 1. The molecule has 8 nitrogen and oxygen atoms in total. The van der Waals surface area contributed by atoms with Crippen molar-refractivity contribution in [1.82, 2.24) is 19.5 Å². The van der Waals surface area contributed by atoms with E-state index in [0.717, 1.165) is 0 Å². The number of hydrogen-bond acceptors (Lipinski definition) is 6. The molecule has 0 atom stereocenters. The average Bonchev–Trinajstić information content (AvgIpc) is 2.68. The number of anilines is 1. The van der Waals surface area contributed by atoms with Crippen LogP contribution in [0, 0.1) is 0 Å². The summed E-state index contributed by atoms with van der Waals surface area (Å²) in [6.45, 7) is 0.816. The number of nitrogens with two attached hydrogens (primary N) is 1. The van der Waals surface area contributed by atoms with Crippen molar-refractivity contribution in [3.63, 3.8) is 0 Å². The van der Waals surface area contributed by atoms with Gasteiger partial charge in [-0.3, -0.25) is 14.3 Å². The van der Waals surface area contributed by atoms with E-state index in [4.69, 9.17) is 10.5 Å². The summed E-state index contributed by atoms with van der Waals surface area (Å²) in [5.41, 5.74) is 5.73. The molecule has 2 rings (SSSR count). The van der Waals surface area contributed by atoms with Crippen LogP contribution in [-0.4, -0.2) is 32.5 Å². The highest BCUT2D eigenvalue weighted by Crippen LogP contribution is 2.06. The van der Waals surface area contributed by atoms with E-state index in [1.807, 2.05) is 0 Å². The molecular weight excluding hydrogens is 245 g/mol. The molecule has 0 aliphatic rings. The quantitative estimate of drug-likeness (QED) is 0.572. The van der Waals surface area contributed by atoms with E-state index in [9.17, 15) is 9.36 Å². The van der Waals surface area contributed by atoms with Crippen LogP contribution in [0.3, 0.4) is 0 Å². The molecule has 0 saturated heterocycles. The maximum absolute atomic E-state index is 11.5. The number of nitrogens with one attached hydrogen (secondary N) is 1. The van der Waals surface area contributed by atoms with E-state index < -0.39 is 0 Å². The van der Waals surface area contributed by atoms with Gasteiger partial charge >= 0.3 is 0 Å². The second-order valence-corrected chi connectivity index (χ2v) is 3.74. The Balaban J connectivity index is 2.23. The van der Waals surface area contributed by atoms with Gasteiger partial charge in [0.2, 0.25) is 5.95 Å². The van der Waals surface area contributed by atoms with Crippen LogP contribution >= 0.6 is 8.46 Å². The van der Waals surface area contributed by atoms with Crippen molar-refractivity contribution >= 4 is 25.6 Å². The summed E-state index contributed by atoms with van der Waals surface area (Å²) in [4.78, 5) is 21.8. The second-order valence-electron chi connectivity index (χ2n) is 3.23. The molecule has 0 unspecified atom stereocenters. The SMILES string of the molecule is Nc1nc2c(ncn2CCOCP=O)c(=O)[nH]1. The second kappa shape index (κ2) is 5.03. The van der Waals surface area contributed by atoms with Crippen LogP contribution in [0.15, 0.2) is 11.1 Å². The maximum Gasteiger partial charge on any atom is 0.280 e. The third-order valence-electron chi connectivity index (χ3n) is 2.11. The summed E-state index contributed by atoms with van der Waals surface area (Å²) in [5, 5.41) is 0. The van der Waals surface area contributed by atoms with Crippen LogP contribution in [0.2, 0.25) is 0 Å². The molecule has 17 heavy (non-hydrogen) atoms. The first-order valence-corrected chi connectivity index (χ1v) is 5.79. The average molecular weight is 255 g/mol. The fourth-order valence-corrected chi connectivity index (χ4v) is 1.60. The van der Waals surface area contributed by atoms with E-state index in [-0.39, 0.29) is 31.8 Å². The number of rotatable bonds is 5. The number of aromatic amines is 1. The van der Waals surface area contributed by atoms with Gasteiger partial charge in [0.1, 0.15) is 6.35 Å². The molecule has 9 heteroatoms. The van der Waals surface area contributed by atoms with Crippen molar-refractivity contribution in [2.75, 3.05) is 18.7 Å². The van der Waals surface area contributed by atoms with Crippen molar-refractivity contribution in [1.29, 1.82) is 0 Å². The molecule has 0 aliphatic heterocycles. The van der Waals surface area contributed by atoms with E-state index in [2.05, 4.69) is 15.0 Å². The van der Waals surface area contributed by atoms with Crippen LogP contribution in [0.5, 0.6) is 0 Å². The summed E-state index contributed by atoms with van der Waals surface area (Å²) < 4.78 is 16.8. The number of ether oxygens (including phenoxy) is 1. The van der Waals surface area contributed by atoms with Crippen LogP contribution in [-0.2, 0) is 15.8 Å². The van der Waals surface area contributed by atoms with Gasteiger partial charge < -0.3 is 15.0 Å².